The Bertz CT molecular complexity index is 381. The molecule has 1 aromatic rings. The van der Waals surface area contributed by atoms with Crippen molar-refractivity contribution in [3.63, 3.8) is 0 Å². The quantitative estimate of drug-likeness (QED) is 0.761. The molecule has 1 aliphatic heterocycles. The summed E-state index contributed by atoms with van der Waals surface area (Å²) in [5, 5.41) is 0. The van der Waals surface area contributed by atoms with Crippen LogP contribution in [0.3, 0.4) is 0 Å². The zero-order valence-corrected chi connectivity index (χ0v) is 10.4. The van der Waals surface area contributed by atoms with Crippen molar-refractivity contribution >= 4 is 5.91 Å². The molecule has 0 unspecified atom stereocenters. The molecule has 0 aromatic heterocycles. The second kappa shape index (κ2) is 5.19. The summed E-state index contributed by atoms with van der Waals surface area (Å²) in [6, 6.07) is 7.31. The van der Waals surface area contributed by atoms with Crippen molar-refractivity contribution in [1.29, 1.82) is 0 Å². The van der Waals surface area contributed by atoms with Crippen LogP contribution in [0.1, 0.15) is 10.4 Å². The standard InChI is InChI=1S/C13H18N2O2/c1-14-7-9-15(10-8-14)13(16)11-3-5-12(17-2)6-4-11/h3-6H,7-10H2,1-2H3/p+1. The molecule has 1 amide bonds. The molecule has 0 bridgehead atoms. The average Bonchev–Trinajstić information content (AvgIpc) is 2.39. The molecule has 0 saturated carbocycles. The third kappa shape index (κ3) is 2.77. The summed E-state index contributed by atoms with van der Waals surface area (Å²) in [5.41, 5.74) is 0.741. The molecule has 0 aliphatic carbocycles. The number of rotatable bonds is 2. The topological polar surface area (TPSA) is 34.0 Å². The van der Waals surface area contributed by atoms with Crippen LogP contribution in [-0.2, 0) is 0 Å². The number of hydrogen-bond donors (Lipinski definition) is 1. The van der Waals surface area contributed by atoms with Gasteiger partial charge in [-0.25, -0.2) is 0 Å². The van der Waals surface area contributed by atoms with Gasteiger partial charge in [-0.1, -0.05) is 0 Å². The fourth-order valence-corrected chi connectivity index (χ4v) is 2.01. The summed E-state index contributed by atoms with van der Waals surface area (Å²) in [5.74, 6) is 0.907. The van der Waals surface area contributed by atoms with Crippen LogP contribution in [0, 0.1) is 0 Å². The number of quaternary nitrogens is 1. The molecule has 92 valence electrons. The Morgan fingerprint density at radius 3 is 2.35 bits per heavy atom. The van der Waals surface area contributed by atoms with Crippen molar-refractivity contribution in [3.8, 4) is 5.75 Å². The van der Waals surface area contributed by atoms with Crippen LogP contribution in [0.15, 0.2) is 24.3 Å². The van der Waals surface area contributed by atoms with Crippen molar-refractivity contribution in [2.75, 3.05) is 40.3 Å². The number of carbonyl (C=O) groups is 1. The maximum Gasteiger partial charge on any atom is 0.254 e. The SMILES string of the molecule is COc1ccc(C(=O)N2CC[NH+](C)CC2)cc1. The molecule has 0 spiro atoms. The molecule has 4 heteroatoms. The molecule has 4 nitrogen and oxygen atoms in total. The second-order valence-electron chi connectivity index (χ2n) is 4.48. The number of carbonyl (C=O) groups excluding carboxylic acids is 1. The van der Waals surface area contributed by atoms with E-state index in [0.29, 0.717) is 0 Å². The van der Waals surface area contributed by atoms with Crippen molar-refractivity contribution in [3.05, 3.63) is 29.8 Å². The molecule has 1 N–H and O–H groups in total. The Hall–Kier alpha value is -1.55. The molecular formula is C13H19N2O2+. The number of nitrogens with one attached hydrogen (secondary N) is 1. The van der Waals surface area contributed by atoms with Gasteiger partial charge in [-0.15, -0.1) is 0 Å². The van der Waals surface area contributed by atoms with E-state index in [-0.39, 0.29) is 5.91 Å². The Labute approximate surface area is 102 Å². The van der Waals surface area contributed by atoms with Gasteiger partial charge in [0, 0.05) is 5.56 Å². The van der Waals surface area contributed by atoms with Gasteiger partial charge in [-0.2, -0.15) is 0 Å². The van der Waals surface area contributed by atoms with Gasteiger partial charge in [0.05, 0.1) is 40.3 Å². The zero-order valence-electron chi connectivity index (χ0n) is 10.4. The average molecular weight is 235 g/mol. The fourth-order valence-electron chi connectivity index (χ4n) is 2.01. The van der Waals surface area contributed by atoms with Crippen LogP contribution in [0.25, 0.3) is 0 Å². The molecule has 1 saturated heterocycles. The van der Waals surface area contributed by atoms with Gasteiger partial charge in [0.15, 0.2) is 0 Å². The van der Waals surface area contributed by atoms with Crippen LogP contribution in [0.2, 0.25) is 0 Å². The third-order valence-corrected chi connectivity index (χ3v) is 3.24. The van der Waals surface area contributed by atoms with Gasteiger partial charge in [0.25, 0.3) is 5.91 Å². The monoisotopic (exact) mass is 235 g/mol. The summed E-state index contributed by atoms with van der Waals surface area (Å²) in [7, 11) is 3.79. The highest BCUT2D eigenvalue weighted by Gasteiger charge is 2.22. The number of benzene rings is 1. The van der Waals surface area contributed by atoms with Crippen LogP contribution >= 0.6 is 0 Å². The van der Waals surface area contributed by atoms with Crippen LogP contribution in [-0.4, -0.2) is 51.1 Å². The van der Waals surface area contributed by atoms with E-state index < -0.39 is 0 Å². The summed E-state index contributed by atoms with van der Waals surface area (Å²) in [6.07, 6.45) is 0. The van der Waals surface area contributed by atoms with Crippen molar-refractivity contribution < 1.29 is 14.4 Å². The van der Waals surface area contributed by atoms with E-state index in [1.807, 2.05) is 29.2 Å². The first-order valence-corrected chi connectivity index (χ1v) is 5.95. The summed E-state index contributed by atoms with van der Waals surface area (Å²) in [6.45, 7) is 3.75. The van der Waals surface area contributed by atoms with Crippen LogP contribution in [0.5, 0.6) is 5.75 Å². The lowest BCUT2D eigenvalue weighted by atomic mass is 10.1. The van der Waals surface area contributed by atoms with Crippen molar-refractivity contribution in [2.45, 2.75) is 0 Å². The molecule has 1 heterocycles. The number of piperazine rings is 1. The number of likely N-dealkylation sites (N-methyl/N-ethyl adjacent to an activating group) is 1. The number of nitrogens with zero attached hydrogens (tertiary/aromatic N) is 1. The largest absolute Gasteiger partial charge is 0.497 e. The Morgan fingerprint density at radius 2 is 1.82 bits per heavy atom. The normalized spacial score (nSPS) is 16.9. The lowest BCUT2D eigenvalue weighted by Gasteiger charge is -2.30. The number of methoxy groups -OCH3 is 1. The number of ether oxygens (including phenoxy) is 1. The predicted octanol–water partition coefficient (Wildman–Crippen LogP) is -0.334. The molecule has 2 rings (SSSR count). The smallest absolute Gasteiger partial charge is 0.254 e. The minimum absolute atomic E-state index is 0.125. The van der Waals surface area contributed by atoms with E-state index in [9.17, 15) is 4.79 Å². The molecule has 0 atom stereocenters. The Morgan fingerprint density at radius 1 is 1.24 bits per heavy atom. The van der Waals surface area contributed by atoms with Gasteiger partial charge >= 0.3 is 0 Å². The first kappa shape index (κ1) is 11.9. The third-order valence-electron chi connectivity index (χ3n) is 3.24. The molecule has 1 aliphatic rings. The molecule has 0 radical (unpaired) electrons. The minimum atomic E-state index is 0.125. The van der Waals surface area contributed by atoms with Crippen LogP contribution in [0.4, 0.5) is 0 Å². The molecule has 17 heavy (non-hydrogen) atoms. The fraction of sp³-hybridized carbons (Fsp3) is 0.462. The minimum Gasteiger partial charge on any atom is -0.497 e. The summed E-state index contributed by atoms with van der Waals surface area (Å²) < 4.78 is 5.08. The number of hydrogen-bond acceptors (Lipinski definition) is 2. The number of amides is 1. The highest BCUT2D eigenvalue weighted by molar-refractivity contribution is 5.94. The van der Waals surface area contributed by atoms with Gasteiger partial charge in [0.2, 0.25) is 0 Å². The van der Waals surface area contributed by atoms with E-state index in [2.05, 4.69) is 7.05 Å². The van der Waals surface area contributed by atoms with Gasteiger partial charge < -0.3 is 14.5 Å². The lowest BCUT2D eigenvalue weighted by molar-refractivity contribution is -0.883. The maximum atomic E-state index is 12.2. The molecule has 1 fully saturated rings. The van der Waals surface area contributed by atoms with Gasteiger partial charge in [-0.3, -0.25) is 4.79 Å². The highest BCUT2D eigenvalue weighted by Crippen LogP contribution is 2.13. The molecular weight excluding hydrogens is 216 g/mol. The lowest BCUT2D eigenvalue weighted by Crippen LogP contribution is -3.12. The predicted molar refractivity (Wildman–Crippen MR) is 65.5 cm³/mol. The first-order chi connectivity index (χ1) is 8.20. The second-order valence-corrected chi connectivity index (χ2v) is 4.48. The first-order valence-electron chi connectivity index (χ1n) is 5.95. The van der Waals surface area contributed by atoms with Gasteiger partial charge in [0.1, 0.15) is 5.75 Å². The Kier molecular flexibility index (Phi) is 3.64. The van der Waals surface area contributed by atoms with Gasteiger partial charge in [-0.05, 0) is 24.3 Å². The van der Waals surface area contributed by atoms with E-state index in [1.165, 1.54) is 4.90 Å². The van der Waals surface area contributed by atoms with Crippen molar-refractivity contribution in [2.24, 2.45) is 0 Å². The zero-order chi connectivity index (χ0) is 12.3. The Balaban J connectivity index is 2.03. The van der Waals surface area contributed by atoms with Crippen LogP contribution < -0.4 is 9.64 Å². The highest BCUT2D eigenvalue weighted by atomic mass is 16.5. The van der Waals surface area contributed by atoms with E-state index >= 15 is 0 Å². The summed E-state index contributed by atoms with van der Waals surface area (Å²) in [4.78, 5) is 15.6. The summed E-state index contributed by atoms with van der Waals surface area (Å²) >= 11 is 0. The van der Waals surface area contributed by atoms with Crippen molar-refractivity contribution in [1.82, 2.24) is 4.90 Å². The van der Waals surface area contributed by atoms with E-state index in [4.69, 9.17) is 4.74 Å². The van der Waals surface area contributed by atoms with E-state index in [0.717, 1.165) is 37.5 Å². The molecule has 1 aromatic carbocycles. The van der Waals surface area contributed by atoms with E-state index in [1.54, 1.807) is 7.11 Å². The maximum absolute atomic E-state index is 12.2.